The largest absolute Gasteiger partial charge is 0.330 e. The molecule has 5 rings (SSSR count). The zero-order valence-corrected chi connectivity index (χ0v) is 23.1. The van der Waals surface area contributed by atoms with Crippen molar-refractivity contribution in [2.45, 2.75) is 50.6 Å². The van der Waals surface area contributed by atoms with Crippen LogP contribution in [0.2, 0.25) is 0 Å². The van der Waals surface area contributed by atoms with Gasteiger partial charge in [0.1, 0.15) is 0 Å². The van der Waals surface area contributed by atoms with E-state index in [1.165, 1.54) is 9.18 Å². The van der Waals surface area contributed by atoms with Crippen molar-refractivity contribution in [1.82, 2.24) is 9.21 Å². The summed E-state index contributed by atoms with van der Waals surface area (Å²) in [7, 11) is -3.92. The molecule has 0 spiro atoms. The first-order valence-corrected chi connectivity index (χ1v) is 15.1. The number of carbonyl (C=O) groups excluding carboxylic acids is 1. The van der Waals surface area contributed by atoms with Gasteiger partial charge in [-0.15, -0.1) is 11.3 Å². The zero-order valence-electron chi connectivity index (χ0n) is 21.4. The lowest BCUT2D eigenvalue weighted by molar-refractivity contribution is -0.133. The van der Waals surface area contributed by atoms with Gasteiger partial charge in [0.2, 0.25) is 15.9 Å². The van der Waals surface area contributed by atoms with E-state index in [2.05, 4.69) is 30.5 Å². The Hall–Kier alpha value is -3.00. The summed E-state index contributed by atoms with van der Waals surface area (Å²) in [5.74, 6) is -0.172. The first kappa shape index (κ1) is 25.6. The Morgan fingerprint density at radius 3 is 2.54 bits per heavy atom. The van der Waals surface area contributed by atoms with E-state index in [9.17, 15) is 13.2 Å². The van der Waals surface area contributed by atoms with E-state index in [4.69, 9.17) is 0 Å². The van der Waals surface area contributed by atoms with Crippen molar-refractivity contribution in [2.75, 3.05) is 13.1 Å². The van der Waals surface area contributed by atoms with Crippen molar-refractivity contribution in [3.63, 3.8) is 0 Å². The molecule has 1 aliphatic heterocycles. The van der Waals surface area contributed by atoms with Crippen LogP contribution in [0.3, 0.4) is 0 Å². The number of nitrogens with zero attached hydrogens (tertiary/aromatic N) is 2. The molecule has 4 aromatic rings. The molecule has 1 aromatic heterocycles. The normalized spacial score (nSPS) is 16.6. The minimum absolute atomic E-state index is 0.172. The summed E-state index contributed by atoms with van der Waals surface area (Å²) in [4.78, 5) is 17.4. The molecule has 37 heavy (non-hydrogen) atoms. The van der Waals surface area contributed by atoms with Crippen LogP contribution in [0.5, 0.6) is 0 Å². The summed E-state index contributed by atoms with van der Waals surface area (Å²) in [6.45, 7) is 6.27. The molecule has 5 nitrogen and oxygen atoms in total. The summed E-state index contributed by atoms with van der Waals surface area (Å²) in [6, 6.07) is 22.5. The summed E-state index contributed by atoms with van der Waals surface area (Å²) in [6.07, 6.45) is 1.38. The zero-order chi connectivity index (χ0) is 26.2. The SMILES string of the molecule is CC[C@H](C)N(CC(=O)N1CCc2sccc2[C@H]1c1ccccc1C)S(=O)(=O)c1cccc2ccccc12. The van der Waals surface area contributed by atoms with Gasteiger partial charge in [-0.25, -0.2) is 8.42 Å². The van der Waals surface area contributed by atoms with E-state index in [-0.39, 0.29) is 29.4 Å². The molecule has 2 heterocycles. The minimum Gasteiger partial charge on any atom is -0.330 e. The van der Waals surface area contributed by atoms with Crippen LogP contribution in [0, 0.1) is 6.92 Å². The van der Waals surface area contributed by atoms with Gasteiger partial charge in [0.15, 0.2) is 0 Å². The van der Waals surface area contributed by atoms with Gasteiger partial charge in [-0.2, -0.15) is 4.31 Å². The van der Waals surface area contributed by atoms with Crippen LogP contribution in [0.25, 0.3) is 10.8 Å². The molecule has 0 aliphatic carbocycles. The summed E-state index contributed by atoms with van der Waals surface area (Å²) in [5, 5.41) is 3.62. The number of hydrogen-bond acceptors (Lipinski definition) is 4. The molecule has 0 radical (unpaired) electrons. The first-order valence-electron chi connectivity index (χ1n) is 12.7. The number of carbonyl (C=O) groups is 1. The third kappa shape index (κ3) is 4.72. The van der Waals surface area contributed by atoms with Crippen molar-refractivity contribution in [2.24, 2.45) is 0 Å². The number of fused-ring (bicyclic) bond motifs is 2. The molecule has 1 amide bonds. The lowest BCUT2D eigenvalue weighted by Crippen LogP contribution is -2.49. The fourth-order valence-corrected chi connectivity index (χ4v) is 8.04. The number of thiophene rings is 1. The number of sulfonamides is 1. The standard InChI is InChI=1S/C30H32N2O3S2/c1-4-22(3)32(37(34,35)28-15-9-12-23-11-6-8-14-25(23)28)20-29(33)31-18-16-27-26(17-19-36-27)30(31)24-13-7-5-10-21(24)2/h5-15,17,19,22,30H,4,16,18,20H2,1-3H3/t22-,30+/m0/s1. The predicted octanol–water partition coefficient (Wildman–Crippen LogP) is 6.17. The molecule has 3 aromatic carbocycles. The van der Waals surface area contributed by atoms with E-state index in [1.54, 1.807) is 23.5 Å². The highest BCUT2D eigenvalue weighted by molar-refractivity contribution is 7.89. The number of hydrogen-bond donors (Lipinski definition) is 0. The predicted molar refractivity (Wildman–Crippen MR) is 150 cm³/mol. The van der Waals surface area contributed by atoms with Crippen molar-refractivity contribution >= 4 is 38.0 Å². The molecule has 2 atom stereocenters. The maximum absolute atomic E-state index is 14.1. The summed E-state index contributed by atoms with van der Waals surface area (Å²) in [5.41, 5.74) is 3.35. The van der Waals surface area contributed by atoms with Gasteiger partial charge >= 0.3 is 0 Å². The van der Waals surface area contributed by atoms with E-state index in [0.29, 0.717) is 18.4 Å². The molecular weight excluding hydrogens is 500 g/mol. The Morgan fingerprint density at radius 2 is 1.76 bits per heavy atom. The average molecular weight is 533 g/mol. The molecule has 192 valence electrons. The molecule has 0 bridgehead atoms. The summed E-state index contributed by atoms with van der Waals surface area (Å²) < 4.78 is 29.6. The highest BCUT2D eigenvalue weighted by atomic mass is 32.2. The number of benzene rings is 3. The van der Waals surface area contributed by atoms with Crippen molar-refractivity contribution < 1.29 is 13.2 Å². The minimum atomic E-state index is -3.92. The molecule has 7 heteroatoms. The van der Waals surface area contributed by atoms with Crippen LogP contribution in [-0.2, 0) is 21.2 Å². The quantitative estimate of drug-likeness (QED) is 0.286. The van der Waals surface area contributed by atoms with Gasteiger partial charge in [-0.1, -0.05) is 67.6 Å². The molecule has 0 fully saturated rings. The maximum atomic E-state index is 14.1. The molecule has 0 N–H and O–H groups in total. The van der Waals surface area contributed by atoms with Gasteiger partial charge in [0, 0.05) is 22.8 Å². The first-order chi connectivity index (χ1) is 17.8. The lowest BCUT2D eigenvalue weighted by atomic mass is 9.90. The van der Waals surface area contributed by atoms with E-state index in [1.807, 2.05) is 61.2 Å². The van der Waals surface area contributed by atoms with Crippen LogP contribution in [0.1, 0.15) is 47.9 Å². The number of rotatable bonds is 7. The van der Waals surface area contributed by atoms with E-state index in [0.717, 1.165) is 28.5 Å². The Labute approximate surface area is 223 Å². The van der Waals surface area contributed by atoms with Gasteiger partial charge in [-0.3, -0.25) is 4.79 Å². The Morgan fingerprint density at radius 1 is 1.03 bits per heavy atom. The van der Waals surface area contributed by atoms with Gasteiger partial charge < -0.3 is 4.90 Å². The van der Waals surface area contributed by atoms with E-state index >= 15 is 0 Å². The molecule has 1 aliphatic rings. The number of aryl methyl sites for hydroxylation is 1. The molecule has 0 unspecified atom stereocenters. The second-order valence-electron chi connectivity index (χ2n) is 9.68. The van der Waals surface area contributed by atoms with Crippen LogP contribution in [0.4, 0.5) is 0 Å². The number of amides is 1. The molecule has 0 saturated heterocycles. The Balaban J connectivity index is 1.53. The second-order valence-corrected chi connectivity index (χ2v) is 12.5. The topological polar surface area (TPSA) is 57.7 Å². The second kappa shape index (κ2) is 10.4. The monoisotopic (exact) mass is 532 g/mol. The highest BCUT2D eigenvalue weighted by Gasteiger charge is 2.37. The summed E-state index contributed by atoms with van der Waals surface area (Å²) >= 11 is 1.72. The Kier molecular flexibility index (Phi) is 7.21. The third-order valence-electron chi connectivity index (χ3n) is 7.48. The smallest absolute Gasteiger partial charge is 0.244 e. The highest BCUT2D eigenvalue weighted by Crippen LogP contribution is 2.39. The fraction of sp³-hybridized carbons (Fsp3) is 0.300. The van der Waals surface area contributed by atoms with Gasteiger partial charge in [0.05, 0.1) is 17.5 Å². The van der Waals surface area contributed by atoms with Crippen molar-refractivity contribution in [3.8, 4) is 0 Å². The average Bonchev–Trinajstić information content (AvgIpc) is 3.39. The van der Waals surface area contributed by atoms with Crippen LogP contribution >= 0.6 is 11.3 Å². The van der Waals surface area contributed by atoms with Crippen LogP contribution < -0.4 is 0 Å². The van der Waals surface area contributed by atoms with Gasteiger partial charge in [-0.05, 0) is 66.3 Å². The van der Waals surface area contributed by atoms with Crippen molar-refractivity contribution in [3.05, 3.63) is 99.7 Å². The molecular formula is C30H32N2O3S2. The fourth-order valence-electron chi connectivity index (χ4n) is 5.27. The maximum Gasteiger partial charge on any atom is 0.244 e. The Bertz CT molecular complexity index is 1540. The third-order valence-corrected chi connectivity index (χ3v) is 10.5. The molecule has 0 saturated carbocycles. The van der Waals surface area contributed by atoms with E-state index < -0.39 is 10.0 Å². The van der Waals surface area contributed by atoms with Gasteiger partial charge in [0.25, 0.3) is 0 Å². The van der Waals surface area contributed by atoms with Crippen molar-refractivity contribution in [1.29, 1.82) is 0 Å². The van der Waals surface area contributed by atoms with Crippen LogP contribution in [0.15, 0.2) is 83.1 Å². The lowest BCUT2D eigenvalue weighted by Gasteiger charge is -2.38. The van der Waals surface area contributed by atoms with Crippen LogP contribution in [-0.4, -0.2) is 42.7 Å².